The van der Waals surface area contributed by atoms with Crippen LogP contribution in [0.3, 0.4) is 0 Å². The quantitative estimate of drug-likeness (QED) is 0.573. The number of methoxy groups -OCH3 is 2. The topological polar surface area (TPSA) is 114 Å². The van der Waals surface area contributed by atoms with Gasteiger partial charge in [0.25, 0.3) is 0 Å². The highest BCUT2D eigenvalue weighted by Crippen LogP contribution is 2.34. The van der Waals surface area contributed by atoms with Crippen LogP contribution < -0.4 is 24.4 Å². The van der Waals surface area contributed by atoms with Gasteiger partial charge in [0.15, 0.2) is 11.5 Å². The van der Waals surface area contributed by atoms with Crippen LogP contribution in [0.2, 0.25) is 0 Å². The van der Waals surface area contributed by atoms with Crippen molar-refractivity contribution in [3.8, 4) is 29.2 Å². The van der Waals surface area contributed by atoms with Gasteiger partial charge in [-0.2, -0.15) is 5.26 Å². The summed E-state index contributed by atoms with van der Waals surface area (Å²) in [5, 5.41) is 12.0. The van der Waals surface area contributed by atoms with E-state index in [-0.39, 0.29) is 30.7 Å². The first-order valence-electron chi connectivity index (χ1n) is 10.5. The lowest BCUT2D eigenvalue weighted by Gasteiger charge is -2.18. The third-order valence-electron chi connectivity index (χ3n) is 5.40. The summed E-state index contributed by atoms with van der Waals surface area (Å²) >= 11 is 0. The molecule has 0 bridgehead atoms. The zero-order valence-corrected chi connectivity index (χ0v) is 18.6. The number of nitriles is 1. The summed E-state index contributed by atoms with van der Waals surface area (Å²) in [4.78, 5) is 31.1. The maximum absolute atomic E-state index is 12.8. The molecule has 0 radical (unpaired) electrons. The second-order valence-corrected chi connectivity index (χ2v) is 7.53. The fourth-order valence-corrected chi connectivity index (χ4v) is 3.65. The molecule has 0 unspecified atom stereocenters. The van der Waals surface area contributed by atoms with E-state index in [1.165, 1.54) is 20.4 Å². The number of benzene rings is 2. The van der Waals surface area contributed by atoms with E-state index in [2.05, 4.69) is 16.4 Å². The molecule has 3 aromatic rings. The normalized spacial score (nSPS) is 14.9. The fourth-order valence-electron chi connectivity index (χ4n) is 3.65. The summed E-state index contributed by atoms with van der Waals surface area (Å²) in [6, 6.07) is 17.3. The maximum atomic E-state index is 12.8. The number of hydrogen-bond acceptors (Lipinski definition) is 7. The first-order valence-corrected chi connectivity index (χ1v) is 10.5. The van der Waals surface area contributed by atoms with Crippen LogP contribution >= 0.6 is 0 Å². The number of nitrogens with one attached hydrogen (secondary N) is 1. The molecule has 1 N–H and O–H groups in total. The van der Waals surface area contributed by atoms with E-state index >= 15 is 0 Å². The summed E-state index contributed by atoms with van der Waals surface area (Å²) in [6.45, 7) is 0.250. The molecule has 1 saturated heterocycles. The molecule has 34 heavy (non-hydrogen) atoms. The largest absolute Gasteiger partial charge is 0.493 e. The van der Waals surface area contributed by atoms with Crippen molar-refractivity contribution >= 4 is 23.2 Å². The number of amides is 2. The van der Waals surface area contributed by atoms with Crippen LogP contribution in [0.5, 0.6) is 23.1 Å². The van der Waals surface area contributed by atoms with Crippen LogP contribution in [0.25, 0.3) is 0 Å². The molecule has 4 rings (SSSR count). The summed E-state index contributed by atoms with van der Waals surface area (Å²) in [7, 11) is 3.06. The Hall–Kier alpha value is -4.58. The lowest BCUT2D eigenvalue weighted by atomic mass is 10.1. The van der Waals surface area contributed by atoms with E-state index in [9.17, 15) is 9.59 Å². The Kier molecular flexibility index (Phi) is 6.59. The molecule has 1 aliphatic heterocycles. The Morgan fingerprint density at radius 1 is 1.09 bits per heavy atom. The average molecular weight is 458 g/mol. The van der Waals surface area contributed by atoms with Crippen molar-refractivity contribution in [3.63, 3.8) is 0 Å². The molecule has 2 heterocycles. The molecule has 1 atom stereocenters. The smallest absolute Gasteiger partial charge is 0.229 e. The first-order chi connectivity index (χ1) is 16.5. The summed E-state index contributed by atoms with van der Waals surface area (Å²) < 4.78 is 16.2. The third-order valence-corrected chi connectivity index (χ3v) is 5.40. The Labute approximate surface area is 196 Å². The molecule has 1 fully saturated rings. The number of anilines is 2. The minimum absolute atomic E-state index is 0.0970. The Bertz CT molecular complexity index is 1250. The Morgan fingerprint density at radius 2 is 1.88 bits per heavy atom. The summed E-state index contributed by atoms with van der Waals surface area (Å²) in [5.74, 6) is 0.811. The van der Waals surface area contributed by atoms with Crippen LogP contribution in [-0.4, -0.2) is 37.6 Å². The molecule has 1 aromatic heterocycles. The SMILES string of the molecule is COc1ccc(N2C[C@H](C(=O)Nc3ccc(Oc4ccccc4C#N)nc3)CC2=O)cc1OC. The van der Waals surface area contributed by atoms with Gasteiger partial charge in [0, 0.05) is 30.8 Å². The predicted molar refractivity (Wildman–Crippen MR) is 124 cm³/mol. The van der Waals surface area contributed by atoms with Crippen LogP contribution in [0.1, 0.15) is 12.0 Å². The predicted octanol–water partition coefficient (Wildman–Crippen LogP) is 3.75. The summed E-state index contributed by atoms with van der Waals surface area (Å²) in [5.41, 5.74) is 1.51. The highest BCUT2D eigenvalue weighted by Gasteiger charge is 2.35. The molecule has 2 aromatic carbocycles. The lowest BCUT2D eigenvalue weighted by Crippen LogP contribution is -2.28. The van der Waals surface area contributed by atoms with Crippen molar-refractivity contribution in [2.45, 2.75) is 6.42 Å². The van der Waals surface area contributed by atoms with E-state index in [4.69, 9.17) is 19.5 Å². The van der Waals surface area contributed by atoms with Gasteiger partial charge in [-0.25, -0.2) is 4.98 Å². The number of rotatable bonds is 7. The number of para-hydroxylation sites is 1. The van der Waals surface area contributed by atoms with E-state index in [1.54, 1.807) is 59.5 Å². The van der Waals surface area contributed by atoms with Crippen LogP contribution in [-0.2, 0) is 9.59 Å². The van der Waals surface area contributed by atoms with Gasteiger partial charge in [0.05, 0.1) is 37.6 Å². The Balaban J connectivity index is 1.39. The zero-order valence-electron chi connectivity index (χ0n) is 18.6. The lowest BCUT2D eigenvalue weighted by molar-refractivity contribution is -0.122. The average Bonchev–Trinajstić information content (AvgIpc) is 3.26. The maximum Gasteiger partial charge on any atom is 0.229 e. The van der Waals surface area contributed by atoms with Crippen molar-refractivity contribution < 1.29 is 23.8 Å². The highest BCUT2D eigenvalue weighted by atomic mass is 16.5. The number of pyridine rings is 1. The molecular formula is C25H22N4O5. The molecule has 0 aliphatic carbocycles. The third kappa shape index (κ3) is 4.76. The van der Waals surface area contributed by atoms with Crippen LogP contribution in [0.4, 0.5) is 11.4 Å². The van der Waals surface area contributed by atoms with E-state index in [0.717, 1.165) is 0 Å². The van der Waals surface area contributed by atoms with Crippen molar-refractivity contribution in [2.75, 3.05) is 31.0 Å². The molecule has 0 saturated carbocycles. The molecule has 2 amide bonds. The first kappa shape index (κ1) is 22.6. The van der Waals surface area contributed by atoms with Gasteiger partial charge in [0.2, 0.25) is 17.7 Å². The fraction of sp³-hybridized carbons (Fsp3) is 0.200. The second kappa shape index (κ2) is 9.92. The molecule has 1 aliphatic rings. The van der Waals surface area contributed by atoms with Crippen molar-refractivity contribution in [3.05, 3.63) is 66.4 Å². The monoisotopic (exact) mass is 458 g/mol. The minimum atomic E-state index is -0.515. The second-order valence-electron chi connectivity index (χ2n) is 7.53. The number of nitrogens with zero attached hydrogens (tertiary/aromatic N) is 3. The standard InChI is InChI=1S/C25H22N4O5/c1-32-21-9-8-19(12-22(21)33-2)29-15-17(11-24(29)30)25(31)28-18-7-10-23(27-14-18)34-20-6-4-3-5-16(20)13-26/h3-10,12,14,17H,11,15H2,1-2H3,(H,28,31)/t17-/m1/s1. The van der Waals surface area contributed by atoms with E-state index < -0.39 is 5.92 Å². The zero-order chi connectivity index (χ0) is 24.1. The van der Waals surface area contributed by atoms with Gasteiger partial charge >= 0.3 is 0 Å². The van der Waals surface area contributed by atoms with E-state index in [1.807, 2.05) is 0 Å². The number of ether oxygens (including phenoxy) is 3. The number of carbonyl (C=O) groups is 2. The van der Waals surface area contributed by atoms with Crippen LogP contribution in [0.15, 0.2) is 60.8 Å². The van der Waals surface area contributed by atoms with Gasteiger partial charge < -0.3 is 24.4 Å². The van der Waals surface area contributed by atoms with Gasteiger partial charge in [-0.3, -0.25) is 9.59 Å². The molecule has 9 nitrogen and oxygen atoms in total. The molecular weight excluding hydrogens is 436 g/mol. The summed E-state index contributed by atoms with van der Waals surface area (Å²) in [6.07, 6.45) is 1.56. The number of carbonyl (C=O) groups excluding carboxylic acids is 2. The van der Waals surface area contributed by atoms with Gasteiger partial charge in [-0.05, 0) is 30.3 Å². The van der Waals surface area contributed by atoms with Gasteiger partial charge in [-0.1, -0.05) is 12.1 Å². The van der Waals surface area contributed by atoms with E-state index in [0.29, 0.717) is 34.2 Å². The van der Waals surface area contributed by atoms with Crippen molar-refractivity contribution in [2.24, 2.45) is 5.92 Å². The minimum Gasteiger partial charge on any atom is -0.493 e. The molecule has 172 valence electrons. The number of hydrogen-bond donors (Lipinski definition) is 1. The van der Waals surface area contributed by atoms with Gasteiger partial charge in [0.1, 0.15) is 11.8 Å². The molecule has 0 spiro atoms. The molecule has 9 heteroatoms. The van der Waals surface area contributed by atoms with Gasteiger partial charge in [-0.15, -0.1) is 0 Å². The van der Waals surface area contributed by atoms with Crippen molar-refractivity contribution in [1.29, 1.82) is 5.26 Å². The highest BCUT2D eigenvalue weighted by molar-refractivity contribution is 6.03. The Morgan fingerprint density at radius 3 is 2.59 bits per heavy atom. The van der Waals surface area contributed by atoms with Crippen molar-refractivity contribution in [1.82, 2.24) is 4.98 Å². The number of aromatic nitrogens is 1. The van der Waals surface area contributed by atoms with Crippen LogP contribution in [0, 0.1) is 17.2 Å².